The maximum atomic E-state index is 10.7. The summed E-state index contributed by atoms with van der Waals surface area (Å²) in [6, 6.07) is 18.9. The van der Waals surface area contributed by atoms with Crippen LogP contribution in [0.4, 0.5) is 0 Å². The van der Waals surface area contributed by atoms with Crippen molar-refractivity contribution in [2.24, 2.45) is 17.8 Å². The van der Waals surface area contributed by atoms with Crippen LogP contribution in [0.15, 0.2) is 54.6 Å². The van der Waals surface area contributed by atoms with Crippen molar-refractivity contribution in [3.8, 4) is 11.1 Å². The van der Waals surface area contributed by atoms with E-state index in [0.717, 1.165) is 17.4 Å². The maximum Gasteiger partial charge on any atom is 0.0823 e. The van der Waals surface area contributed by atoms with Crippen LogP contribution in [0.2, 0.25) is 0 Å². The number of aliphatic hydroxyl groups is 1. The summed E-state index contributed by atoms with van der Waals surface area (Å²) in [5, 5.41) is 10.7. The lowest BCUT2D eigenvalue weighted by Crippen LogP contribution is -2.02. The van der Waals surface area contributed by atoms with Gasteiger partial charge in [-0.1, -0.05) is 67.4 Å². The van der Waals surface area contributed by atoms with E-state index in [1.54, 1.807) is 0 Å². The van der Waals surface area contributed by atoms with Crippen LogP contribution in [0.25, 0.3) is 11.1 Å². The van der Waals surface area contributed by atoms with Crippen LogP contribution in [-0.2, 0) is 0 Å². The van der Waals surface area contributed by atoms with Crippen molar-refractivity contribution in [3.05, 3.63) is 60.2 Å². The Morgan fingerprint density at radius 1 is 0.762 bits per heavy atom. The smallest absolute Gasteiger partial charge is 0.0823 e. The average molecular weight is 278 g/mol. The zero-order chi connectivity index (χ0) is 14.2. The highest BCUT2D eigenvalue weighted by Crippen LogP contribution is 2.60. The molecule has 2 aliphatic rings. The van der Waals surface area contributed by atoms with Gasteiger partial charge in [-0.3, -0.25) is 0 Å². The molecule has 2 aliphatic carbocycles. The minimum absolute atomic E-state index is 0.261. The summed E-state index contributed by atoms with van der Waals surface area (Å²) in [6.45, 7) is 0. The molecule has 0 heterocycles. The van der Waals surface area contributed by atoms with Gasteiger partial charge in [-0.25, -0.2) is 0 Å². The normalized spacial score (nSPS) is 28.7. The van der Waals surface area contributed by atoms with Gasteiger partial charge < -0.3 is 5.11 Å². The first kappa shape index (κ1) is 13.1. The third-order valence-corrected chi connectivity index (χ3v) is 5.45. The Balaban J connectivity index is 1.51. The molecule has 1 N–H and O–H groups in total. The largest absolute Gasteiger partial charge is 0.388 e. The Morgan fingerprint density at radius 3 is 1.95 bits per heavy atom. The number of aliphatic hydroxyl groups excluding tert-OH is 1. The summed E-state index contributed by atoms with van der Waals surface area (Å²) in [5.41, 5.74) is 3.55. The lowest BCUT2D eigenvalue weighted by Gasteiger charge is -2.12. The van der Waals surface area contributed by atoms with E-state index in [-0.39, 0.29) is 6.10 Å². The summed E-state index contributed by atoms with van der Waals surface area (Å²) in [7, 11) is 0. The Labute approximate surface area is 126 Å². The first-order valence-corrected chi connectivity index (χ1v) is 8.18. The van der Waals surface area contributed by atoms with Crippen LogP contribution in [-0.4, -0.2) is 5.11 Å². The van der Waals surface area contributed by atoms with Crippen molar-refractivity contribution in [1.29, 1.82) is 0 Å². The molecule has 3 unspecified atom stereocenters. The minimum Gasteiger partial charge on any atom is -0.388 e. The lowest BCUT2D eigenvalue weighted by atomic mass is 9.99. The van der Waals surface area contributed by atoms with Gasteiger partial charge in [0.2, 0.25) is 0 Å². The Kier molecular flexibility index (Phi) is 3.31. The SMILES string of the molecule is OC(c1ccc(-c2ccccc2)cc1)C1C2CCCCC21. The molecule has 21 heavy (non-hydrogen) atoms. The van der Waals surface area contributed by atoms with Gasteiger partial charge in [0.05, 0.1) is 6.10 Å². The Morgan fingerprint density at radius 2 is 1.33 bits per heavy atom. The molecular formula is C20H22O. The highest BCUT2D eigenvalue weighted by molar-refractivity contribution is 5.63. The number of rotatable bonds is 3. The molecule has 2 fully saturated rings. The van der Waals surface area contributed by atoms with Gasteiger partial charge in [0.15, 0.2) is 0 Å². The van der Waals surface area contributed by atoms with Crippen LogP contribution in [0.3, 0.4) is 0 Å². The second-order valence-electron chi connectivity index (χ2n) is 6.62. The molecule has 0 radical (unpaired) electrons. The lowest BCUT2D eigenvalue weighted by molar-refractivity contribution is 0.142. The molecular weight excluding hydrogens is 256 g/mol. The van der Waals surface area contributed by atoms with E-state index in [1.807, 2.05) is 6.07 Å². The summed E-state index contributed by atoms with van der Waals surface area (Å²) in [4.78, 5) is 0. The molecule has 3 atom stereocenters. The third-order valence-electron chi connectivity index (χ3n) is 5.45. The second kappa shape index (κ2) is 5.31. The predicted octanol–water partition coefficient (Wildman–Crippen LogP) is 4.82. The van der Waals surface area contributed by atoms with Gasteiger partial charge >= 0.3 is 0 Å². The van der Waals surface area contributed by atoms with Crippen LogP contribution in [0, 0.1) is 17.8 Å². The van der Waals surface area contributed by atoms with Gasteiger partial charge in [-0.05, 0) is 47.3 Å². The van der Waals surface area contributed by atoms with Gasteiger partial charge in [0, 0.05) is 0 Å². The topological polar surface area (TPSA) is 20.2 Å². The first-order chi connectivity index (χ1) is 10.3. The van der Waals surface area contributed by atoms with E-state index >= 15 is 0 Å². The van der Waals surface area contributed by atoms with Crippen molar-refractivity contribution < 1.29 is 5.11 Å². The molecule has 2 saturated carbocycles. The molecule has 0 bridgehead atoms. The fourth-order valence-corrected chi connectivity index (χ4v) is 4.24. The molecule has 1 nitrogen and oxygen atoms in total. The minimum atomic E-state index is -0.261. The van der Waals surface area contributed by atoms with Crippen molar-refractivity contribution >= 4 is 0 Å². The van der Waals surface area contributed by atoms with E-state index in [0.29, 0.717) is 5.92 Å². The quantitative estimate of drug-likeness (QED) is 0.853. The molecule has 0 amide bonds. The van der Waals surface area contributed by atoms with Crippen LogP contribution >= 0.6 is 0 Å². The molecule has 0 aliphatic heterocycles. The highest BCUT2D eigenvalue weighted by Gasteiger charge is 2.54. The number of hydrogen-bond donors (Lipinski definition) is 1. The molecule has 0 aromatic heterocycles. The van der Waals surface area contributed by atoms with Crippen molar-refractivity contribution in [2.75, 3.05) is 0 Å². The number of hydrogen-bond acceptors (Lipinski definition) is 1. The average Bonchev–Trinajstić information content (AvgIpc) is 3.29. The fourth-order valence-electron chi connectivity index (χ4n) is 4.24. The highest BCUT2D eigenvalue weighted by atomic mass is 16.3. The van der Waals surface area contributed by atoms with Crippen LogP contribution in [0.5, 0.6) is 0 Å². The van der Waals surface area contributed by atoms with E-state index < -0.39 is 0 Å². The molecule has 108 valence electrons. The first-order valence-electron chi connectivity index (χ1n) is 8.18. The number of fused-ring (bicyclic) bond motifs is 1. The standard InChI is InChI=1S/C20H22O/c21-20(19-17-8-4-5-9-18(17)19)16-12-10-15(11-13-16)14-6-2-1-3-7-14/h1-3,6-7,10-13,17-21H,4-5,8-9H2. The van der Waals surface area contributed by atoms with Gasteiger partial charge in [0.25, 0.3) is 0 Å². The second-order valence-corrected chi connectivity index (χ2v) is 6.62. The van der Waals surface area contributed by atoms with Gasteiger partial charge in [-0.15, -0.1) is 0 Å². The zero-order valence-electron chi connectivity index (χ0n) is 12.3. The van der Waals surface area contributed by atoms with Crippen LogP contribution < -0.4 is 0 Å². The molecule has 1 heteroatoms. The van der Waals surface area contributed by atoms with E-state index in [1.165, 1.54) is 36.8 Å². The van der Waals surface area contributed by atoms with E-state index in [9.17, 15) is 5.11 Å². The predicted molar refractivity (Wildman–Crippen MR) is 85.8 cm³/mol. The van der Waals surface area contributed by atoms with Crippen molar-refractivity contribution in [1.82, 2.24) is 0 Å². The summed E-state index contributed by atoms with van der Waals surface area (Å²) >= 11 is 0. The van der Waals surface area contributed by atoms with Crippen LogP contribution in [0.1, 0.15) is 37.4 Å². The van der Waals surface area contributed by atoms with E-state index in [2.05, 4.69) is 48.5 Å². The molecule has 0 saturated heterocycles. The maximum absolute atomic E-state index is 10.7. The monoisotopic (exact) mass is 278 g/mol. The van der Waals surface area contributed by atoms with Crippen molar-refractivity contribution in [3.63, 3.8) is 0 Å². The zero-order valence-corrected chi connectivity index (χ0v) is 12.3. The fraction of sp³-hybridized carbons (Fsp3) is 0.400. The summed E-state index contributed by atoms with van der Waals surface area (Å²) < 4.78 is 0. The summed E-state index contributed by atoms with van der Waals surface area (Å²) in [5.74, 6) is 2.11. The van der Waals surface area contributed by atoms with Gasteiger partial charge in [0.1, 0.15) is 0 Å². The van der Waals surface area contributed by atoms with E-state index in [4.69, 9.17) is 0 Å². The number of benzene rings is 2. The third kappa shape index (κ3) is 2.40. The molecule has 4 rings (SSSR count). The summed E-state index contributed by atoms with van der Waals surface area (Å²) in [6.07, 6.45) is 5.11. The molecule has 2 aromatic carbocycles. The van der Waals surface area contributed by atoms with Crippen molar-refractivity contribution in [2.45, 2.75) is 31.8 Å². The van der Waals surface area contributed by atoms with Gasteiger partial charge in [-0.2, -0.15) is 0 Å². The Hall–Kier alpha value is -1.60. The molecule has 0 spiro atoms. The Bertz CT molecular complexity index is 589. The molecule has 2 aromatic rings.